The number of hydrogen-bond acceptors (Lipinski definition) is 1. The average molecular weight is 731 g/mol. The largest absolute Gasteiger partial charge is 0.310 e. The smallest absolute Gasteiger partial charge is 0.0619 e. The van der Waals surface area contributed by atoms with Gasteiger partial charge in [-0.05, 0) is 93.0 Å². The molecule has 0 radical (unpaired) electrons. The van der Waals surface area contributed by atoms with E-state index in [1.54, 1.807) is 0 Å². The molecule has 0 bridgehead atoms. The maximum atomic E-state index is 2.45. The molecule has 10 rings (SSSR count). The molecule has 0 fully saturated rings. The fourth-order valence-corrected chi connectivity index (χ4v) is 8.88. The van der Waals surface area contributed by atoms with Crippen molar-refractivity contribution in [3.05, 3.63) is 229 Å². The van der Waals surface area contributed by atoms with Gasteiger partial charge in [-0.15, -0.1) is 0 Å². The van der Waals surface area contributed by atoms with Crippen LogP contribution in [-0.4, -0.2) is 4.57 Å². The van der Waals surface area contributed by atoms with Crippen LogP contribution in [0.2, 0.25) is 0 Å². The van der Waals surface area contributed by atoms with Crippen LogP contribution >= 0.6 is 0 Å². The van der Waals surface area contributed by atoms with Crippen molar-refractivity contribution < 1.29 is 0 Å². The first kappa shape index (κ1) is 34.3. The molecule has 1 heterocycles. The molecule has 0 amide bonds. The summed E-state index contributed by atoms with van der Waals surface area (Å²) in [6.45, 7) is 4.69. The van der Waals surface area contributed by atoms with Crippen molar-refractivity contribution in [3.63, 3.8) is 0 Å². The predicted octanol–water partition coefficient (Wildman–Crippen LogP) is 14.9. The molecule has 9 aromatic rings. The van der Waals surface area contributed by atoms with E-state index in [4.69, 9.17) is 0 Å². The Morgan fingerprint density at radius 3 is 1.75 bits per heavy atom. The maximum absolute atomic E-state index is 2.45. The highest BCUT2D eigenvalue weighted by molar-refractivity contribution is 6.08. The molecule has 0 atom stereocenters. The lowest BCUT2D eigenvalue weighted by molar-refractivity contribution is 0.660. The van der Waals surface area contributed by atoms with Gasteiger partial charge in [0, 0.05) is 39.1 Å². The van der Waals surface area contributed by atoms with Gasteiger partial charge in [0.25, 0.3) is 0 Å². The monoisotopic (exact) mass is 730 g/mol. The lowest BCUT2D eigenvalue weighted by Gasteiger charge is -2.28. The standard InChI is InChI=1S/C55H42N2/c1-55(2)50-29-16-15-27-47(50)48-37-36-46(38-51(48)55)56(43-23-11-5-12-24-43)45-34-31-39(32-35-45)30-33-42-22-17-28-49-52(40-18-7-3-8-19-40)54(41-20-9-4-10-21-41)57(53(42)49)44-25-13-6-14-26-44/h3-38H,1-2H3/b33-30+. The van der Waals surface area contributed by atoms with Gasteiger partial charge in [0.2, 0.25) is 0 Å². The molecular formula is C55H42N2. The lowest BCUT2D eigenvalue weighted by atomic mass is 9.82. The second kappa shape index (κ2) is 14.2. The quantitative estimate of drug-likeness (QED) is 0.141. The van der Waals surface area contributed by atoms with Gasteiger partial charge in [-0.25, -0.2) is 0 Å². The minimum Gasteiger partial charge on any atom is -0.310 e. The topological polar surface area (TPSA) is 8.17 Å². The first-order valence-electron chi connectivity index (χ1n) is 19.8. The van der Waals surface area contributed by atoms with Crippen LogP contribution in [0.5, 0.6) is 0 Å². The van der Waals surface area contributed by atoms with E-state index in [1.165, 1.54) is 55.5 Å². The molecule has 0 N–H and O–H groups in total. The Morgan fingerprint density at radius 1 is 0.456 bits per heavy atom. The Balaban J connectivity index is 1.07. The molecule has 1 aliphatic rings. The van der Waals surface area contributed by atoms with Crippen molar-refractivity contribution in [3.8, 4) is 39.2 Å². The number of nitrogens with zero attached hydrogens (tertiary/aromatic N) is 2. The third-order valence-electron chi connectivity index (χ3n) is 11.6. The molecule has 8 aromatic carbocycles. The van der Waals surface area contributed by atoms with Crippen LogP contribution in [0.1, 0.15) is 36.1 Å². The van der Waals surface area contributed by atoms with Crippen molar-refractivity contribution >= 4 is 40.1 Å². The predicted molar refractivity (Wildman–Crippen MR) is 242 cm³/mol. The fourth-order valence-electron chi connectivity index (χ4n) is 8.88. The minimum atomic E-state index is -0.0775. The highest BCUT2D eigenvalue weighted by atomic mass is 15.1. The summed E-state index contributed by atoms with van der Waals surface area (Å²) >= 11 is 0. The summed E-state index contributed by atoms with van der Waals surface area (Å²) < 4.78 is 2.45. The Labute approximate surface area is 335 Å². The lowest BCUT2D eigenvalue weighted by Crippen LogP contribution is -2.16. The van der Waals surface area contributed by atoms with Gasteiger partial charge in [0.15, 0.2) is 0 Å². The summed E-state index contributed by atoms with van der Waals surface area (Å²) in [6.07, 6.45) is 4.52. The number of hydrogen-bond donors (Lipinski definition) is 0. The fraction of sp³-hybridized carbons (Fsp3) is 0.0545. The average Bonchev–Trinajstić information content (AvgIpc) is 3.74. The van der Waals surface area contributed by atoms with Gasteiger partial charge in [0.05, 0.1) is 11.2 Å². The first-order valence-corrected chi connectivity index (χ1v) is 19.8. The summed E-state index contributed by atoms with van der Waals surface area (Å²) in [5.41, 5.74) is 18.2. The molecular weight excluding hydrogens is 689 g/mol. The van der Waals surface area contributed by atoms with Gasteiger partial charge in [-0.3, -0.25) is 0 Å². The number of rotatable bonds is 8. The third kappa shape index (κ3) is 5.98. The van der Waals surface area contributed by atoms with Crippen LogP contribution in [0, 0.1) is 0 Å². The summed E-state index contributed by atoms with van der Waals surface area (Å²) in [6, 6.07) is 74.5. The van der Waals surface area contributed by atoms with Crippen molar-refractivity contribution in [1.82, 2.24) is 4.57 Å². The van der Waals surface area contributed by atoms with Crippen molar-refractivity contribution in [1.29, 1.82) is 0 Å². The number of benzene rings is 8. The Hall–Kier alpha value is -7.16. The molecule has 0 saturated carbocycles. The van der Waals surface area contributed by atoms with Gasteiger partial charge in [0.1, 0.15) is 0 Å². The second-order valence-electron chi connectivity index (χ2n) is 15.4. The van der Waals surface area contributed by atoms with Gasteiger partial charge in [-0.1, -0.05) is 184 Å². The van der Waals surface area contributed by atoms with E-state index in [-0.39, 0.29) is 5.41 Å². The van der Waals surface area contributed by atoms with E-state index in [2.05, 4.69) is 242 Å². The van der Waals surface area contributed by atoms with E-state index in [0.29, 0.717) is 0 Å². The van der Waals surface area contributed by atoms with E-state index < -0.39 is 0 Å². The molecule has 0 spiro atoms. The molecule has 272 valence electrons. The van der Waals surface area contributed by atoms with Gasteiger partial charge in [-0.2, -0.15) is 0 Å². The highest BCUT2D eigenvalue weighted by Crippen LogP contribution is 2.51. The van der Waals surface area contributed by atoms with Crippen molar-refractivity contribution in [2.75, 3.05) is 4.90 Å². The molecule has 0 aliphatic heterocycles. The Bertz CT molecular complexity index is 2890. The number of fused-ring (bicyclic) bond motifs is 4. The van der Waals surface area contributed by atoms with Crippen LogP contribution in [0.3, 0.4) is 0 Å². The van der Waals surface area contributed by atoms with Crippen molar-refractivity contribution in [2.24, 2.45) is 0 Å². The minimum absolute atomic E-state index is 0.0775. The number of anilines is 3. The number of aromatic nitrogens is 1. The van der Waals surface area contributed by atoms with Crippen LogP contribution in [-0.2, 0) is 5.41 Å². The highest BCUT2D eigenvalue weighted by Gasteiger charge is 2.35. The normalized spacial score (nSPS) is 12.8. The molecule has 1 aliphatic carbocycles. The summed E-state index contributed by atoms with van der Waals surface area (Å²) in [4.78, 5) is 2.37. The van der Waals surface area contributed by atoms with E-state index >= 15 is 0 Å². The third-order valence-corrected chi connectivity index (χ3v) is 11.6. The Kier molecular flexibility index (Phi) is 8.53. The molecule has 0 unspecified atom stereocenters. The zero-order valence-electron chi connectivity index (χ0n) is 32.2. The van der Waals surface area contributed by atoms with Crippen LogP contribution in [0.15, 0.2) is 206 Å². The molecule has 57 heavy (non-hydrogen) atoms. The summed E-state index contributed by atoms with van der Waals surface area (Å²) in [7, 11) is 0. The molecule has 2 nitrogen and oxygen atoms in total. The molecule has 0 saturated heterocycles. The zero-order chi connectivity index (χ0) is 38.3. The Morgan fingerprint density at radius 2 is 1.04 bits per heavy atom. The van der Waals surface area contributed by atoms with Gasteiger partial charge >= 0.3 is 0 Å². The maximum Gasteiger partial charge on any atom is 0.0619 e. The van der Waals surface area contributed by atoms with Crippen LogP contribution in [0.4, 0.5) is 17.1 Å². The van der Waals surface area contributed by atoms with Crippen LogP contribution < -0.4 is 4.90 Å². The van der Waals surface area contributed by atoms with Crippen LogP contribution in [0.25, 0.3) is 62.3 Å². The first-order chi connectivity index (χ1) is 28.1. The zero-order valence-corrected chi connectivity index (χ0v) is 32.2. The van der Waals surface area contributed by atoms with E-state index in [1.807, 2.05) is 0 Å². The molecule has 1 aromatic heterocycles. The molecule has 2 heteroatoms. The van der Waals surface area contributed by atoms with Gasteiger partial charge < -0.3 is 9.47 Å². The summed E-state index contributed by atoms with van der Waals surface area (Å²) in [5.74, 6) is 0. The number of para-hydroxylation sites is 3. The summed E-state index contributed by atoms with van der Waals surface area (Å²) in [5, 5.41) is 1.22. The van der Waals surface area contributed by atoms with Crippen molar-refractivity contribution in [2.45, 2.75) is 19.3 Å². The SMILES string of the molecule is CC1(C)c2ccccc2-c2ccc(N(c3ccccc3)c3ccc(/C=C/c4cccc5c(-c6ccccc6)c(-c6ccccc6)n(-c6ccccc6)c45)cc3)cc21. The van der Waals surface area contributed by atoms with E-state index in [0.717, 1.165) is 33.9 Å². The van der Waals surface area contributed by atoms with E-state index in [9.17, 15) is 0 Å². The second-order valence-corrected chi connectivity index (χ2v) is 15.4.